The Balaban J connectivity index is 1.53. The van der Waals surface area contributed by atoms with E-state index in [0.29, 0.717) is 17.0 Å². The Morgan fingerprint density at radius 3 is 3.05 bits per heavy atom. The first-order valence-corrected chi connectivity index (χ1v) is 8.04. The average Bonchev–Trinajstić information content (AvgIpc) is 3.09. The normalized spacial score (nSPS) is 11.0. The molecule has 0 saturated heterocycles. The van der Waals surface area contributed by atoms with Crippen LogP contribution in [-0.2, 0) is 6.54 Å². The summed E-state index contributed by atoms with van der Waals surface area (Å²) in [6.45, 7) is 1.41. The molecule has 0 aliphatic heterocycles. The van der Waals surface area contributed by atoms with Crippen molar-refractivity contribution in [3.05, 3.63) is 52.1 Å². The van der Waals surface area contributed by atoms with Crippen molar-refractivity contribution < 1.29 is 4.79 Å². The van der Waals surface area contributed by atoms with Crippen molar-refractivity contribution in [2.45, 2.75) is 13.0 Å². The second kappa shape index (κ2) is 6.54. The average molecular weight is 382 g/mol. The van der Waals surface area contributed by atoms with E-state index in [1.807, 2.05) is 30.5 Å². The highest BCUT2D eigenvalue weighted by Gasteiger charge is 2.08. The fraction of sp³-hybridized carbons (Fsp3) is 0.200. The van der Waals surface area contributed by atoms with Crippen LogP contribution in [0.5, 0.6) is 0 Å². The first kappa shape index (κ1) is 15.1. The molecule has 2 N–H and O–H groups in total. The summed E-state index contributed by atoms with van der Waals surface area (Å²) in [5.41, 5.74) is 1.14. The third-order valence-electron chi connectivity index (χ3n) is 3.35. The first-order valence-electron chi connectivity index (χ1n) is 6.86. The quantitative estimate of drug-likeness (QED) is 0.663. The maximum Gasteiger partial charge on any atom is 0.287 e. The molecule has 0 aliphatic rings. The molecule has 1 amide bonds. The third kappa shape index (κ3) is 3.34. The summed E-state index contributed by atoms with van der Waals surface area (Å²) in [4.78, 5) is 18.6. The molecule has 5 nitrogen and oxygen atoms in total. The van der Waals surface area contributed by atoms with Gasteiger partial charge in [0.25, 0.3) is 5.91 Å². The van der Waals surface area contributed by atoms with Crippen LogP contribution in [0.4, 0.5) is 0 Å². The minimum atomic E-state index is -0.199. The third-order valence-corrected chi connectivity index (χ3v) is 3.99. The molecule has 3 aromatic rings. The Bertz CT molecular complexity index is 811. The van der Waals surface area contributed by atoms with Crippen molar-refractivity contribution in [2.75, 3.05) is 6.54 Å². The number of aromatic amines is 1. The van der Waals surface area contributed by atoms with Gasteiger partial charge in [-0.15, -0.1) is 0 Å². The molecule has 7 heteroatoms. The van der Waals surface area contributed by atoms with E-state index < -0.39 is 0 Å². The number of nitrogens with zero attached hydrogens (tertiary/aromatic N) is 2. The van der Waals surface area contributed by atoms with Gasteiger partial charge >= 0.3 is 0 Å². The molecule has 1 aromatic carbocycles. The highest BCUT2D eigenvalue weighted by atomic mass is 79.9. The van der Waals surface area contributed by atoms with Gasteiger partial charge in [0.2, 0.25) is 0 Å². The largest absolute Gasteiger partial charge is 0.349 e. The molecular weight excluding hydrogens is 368 g/mol. The standard InChI is InChI=1S/C15H14BrClN4O/c16-13-9-19-14(20-13)15(22)18-5-1-6-21-7-4-10-8-11(17)2-3-12(10)21/h2-4,7-9H,1,5-6H2,(H,18,22)(H,19,20). The van der Waals surface area contributed by atoms with Crippen molar-refractivity contribution in [3.8, 4) is 0 Å². The molecule has 0 unspecified atom stereocenters. The maximum absolute atomic E-state index is 11.8. The van der Waals surface area contributed by atoms with Gasteiger partial charge in [0, 0.05) is 35.2 Å². The van der Waals surface area contributed by atoms with Gasteiger partial charge in [-0.25, -0.2) is 4.98 Å². The second-order valence-corrected chi connectivity index (χ2v) is 6.19. The van der Waals surface area contributed by atoms with E-state index in [1.165, 1.54) is 0 Å². The zero-order valence-electron chi connectivity index (χ0n) is 11.6. The molecule has 2 aromatic heterocycles. The van der Waals surface area contributed by atoms with E-state index in [0.717, 1.165) is 28.9 Å². The van der Waals surface area contributed by atoms with Gasteiger partial charge in [-0.3, -0.25) is 4.79 Å². The van der Waals surface area contributed by atoms with Gasteiger partial charge in [-0.05, 0) is 46.6 Å². The molecule has 0 fully saturated rings. The second-order valence-electron chi connectivity index (χ2n) is 4.90. The summed E-state index contributed by atoms with van der Waals surface area (Å²) in [5.74, 6) is 0.114. The number of fused-ring (bicyclic) bond motifs is 1. The molecule has 2 heterocycles. The van der Waals surface area contributed by atoms with Crippen LogP contribution in [-0.4, -0.2) is 27.0 Å². The molecule has 0 atom stereocenters. The Hall–Kier alpha value is -1.79. The lowest BCUT2D eigenvalue weighted by molar-refractivity contribution is 0.0943. The fourth-order valence-electron chi connectivity index (χ4n) is 2.32. The van der Waals surface area contributed by atoms with Crippen LogP contribution in [0, 0.1) is 0 Å². The number of aryl methyl sites for hydroxylation is 1. The number of amides is 1. The number of rotatable bonds is 5. The summed E-state index contributed by atoms with van der Waals surface area (Å²) < 4.78 is 2.84. The first-order chi connectivity index (χ1) is 10.6. The van der Waals surface area contributed by atoms with Crippen LogP contribution in [0.15, 0.2) is 41.3 Å². The molecule has 0 bridgehead atoms. The predicted octanol–water partition coefficient (Wildman–Crippen LogP) is 3.60. The highest BCUT2D eigenvalue weighted by molar-refractivity contribution is 9.10. The molecule has 0 spiro atoms. The molecule has 22 heavy (non-hydrogen) atoms. The van der Waals surface area contributed by atoms with Crippen LogP contribution in [0.2, 0.25) is 5.02 Å². The molecule has 3 rings (SSSR count). The fourth-order valence-corrected chi connectivity index (χ4v) is 2.79. The van der Waals surface area contributed by atoms with Crippen molar-refractivity contribution in [1.29, 1.82) is 0 Å². The zero-order valence-corrected chi connectivity index (χ0v) is 14.0. The van der Waals surface area contributed by atoms with Gasteiger partial charge in [0.05, 0.1) is 6.20 Å². The van der Waals surface area contributed by atoms with Crippen LogP contribution < -0.4 is 5.32 Å². The van der Waals surface area contributed by atoms with E-state index in [1.54, 1.807) is 6.20 Å². The number of imidazole rings is 1. The monoisotopic (exact) mass is 380 g/mol. The Morgan fingerprint density at radius 1 is 1.41 bits per heavy atom. The van der Waals surface area contributed by atoms with Gasteiger partial charge in [0.1, 0.15) is 4.60 Å². The number of benzene rings is 1. The lowest BCUT2D eigenvalue weighted by Gasteiger charge is -2.06. The molecule has 114 valence electrons. The summed E-state index contributed by atoms with van der Waals surface area (Å²) in [7, 11) is 0. The van der Waals surface area contributed by atoms with E-state index in [9.17, 15) is 4.79 Å². The van der Waals surface area contributed by atoms with E-state index in [2.05, 4.69) is 35.8 Å². The Kier molecular flexibility index (Phi) is 4.49. The Labute approximate surface area is 140 Å². The van der Waals surface area contributed by atoms with Crippen molar-refractivity contribution in [2.24, 2.45) is 0 Å². The number of H-pyrrole nitrogens is 1. The molecule has 0 aliphatic carbocycles. The molecule has 0 radical (unpaired) electrons. The van der Waals surface area contributed by atoms with Gasteiger partial charge in [0.15, 0.2) is 5.82 Å². The van der Waals surface area contributed by atoms with E-state index >= 15 is 0 Å². The van der Waals surface area contributed by atoms with Gasteiger partial charge in [-0.2, -0.15) is 0 Å². The number of nitrogens with one attached hydrogen (secondary N) is 2. The number of hydrogen-bond acceptors (Lipinski definition) is 2. The molecular formula is C15H14BrClN4O. The zero-order chi connectivity index (χ0) is 15.5. The minimum Gasteiger partial charge on any atom is -0.349 e. The van der Waals surface area contributed by atoms with E-state index in [4.69, 9.17) is 11.6 Å². The summed E-state index contributed by atoms with van der Waals surface area (Å²) in [6.07, 6.45) is 4.43. The Morgan fingerprint density at radius 2 is 2.27 bits per heavy atom. The van der Waals surface area contributed by atoms with Crippen LogP contribution in [0.3, 0.4) is 0 Å². The molecule has 0 saturated carbocycles. The lowest BCUT2D eigenvalue weighted by Crippen LogP contribution is -2.26. The summed E-state index contributed by atoms with van der Waals surface area (Å²) >= 11 is 9.21. The summed E-state index contributed by atoms with van der Waals surface area (Å²) in [6, 6.07) is 7.89. The number of carbonyl (C=O) groups is 1. The number of aromatic nitrogens is 3. The van der Waals surface area contributed by atoms with Gasteiger partial charge < -0.3 is 14.9 Å². The van der Waals surface area contributed by atoms with Crippen LogP contribution >= 0.6 is 27.5 Å². The van der Waals surface area contributed by atoms with Crippen LogP contribution in [0.25, 0.3) is 10.9 Å². The number of halogens is 2. The van der Waals surface area contributed by atoms with Crippen LogP contribution in [0.1, 0.15) is 17.0 Å². The lowest BCUT2D eigenvalue weighted by atomic mass is 10.2. The summed E-state index contributed by atoms with van der Waals surface area (Å²) in [5, 5.41) is 4.70. The van der Waals surface area contributed by atoms with Crippen molar-refractivity contribution >= 4 is 44.3 Å². The smallest absolute Gasteiger partial charge is 0.287 e. The number of carbonyl (C=O) groups excluding carboxylic acids is 1. The van der Waals surface area contributed by atoms with Gasteiger partial charge in [-0.1, -0.05) is 11.6 Å². The minimum absolute atomic E-state index is 0.199. The number of hydrogen-bond donors (Lipinski definition) is 2. The SMILES string of the molecule is O=C(NCCCn1ccc2cc(Cl)ccc21)c1ncc(Br)[nH]1. The highest BCUT2D eigenvalue weighted by Crippen LogP contribution is 2.20. The topological polar surface area (TPSA) is 62.7 Å². The van der Waals surface area contributed by atoms with E-state index in [-0.39, 0.29) is 5.91 Å². The maximum atomic E-state index is 11.8. The predicted molar refractivity (Wildman–Crippen MR) is 90.2 cm³/mol. The van der Waals surface area contributed by atoms with Crippen molar-refractivity contribution in [1.82, 2.24) is 19.9 Å². The van der Waals surface area contributed by atoms with Crippen molar-refractivity contribution in [3.63, 3.8) is 0 Å².